The van der Waals surface area contributed by atoms with Gasteiger partial charge < -0.3 is 9.84 Å². The summed E-state index contributed by atoms with van der Waals surface area (Å²) in [6, 6.07) is 22.5. The molecule has 192 valence electrons. The van der Waals surface area contributed by atoms with E-state index in [0.29, 0.717) is 38.6 Å². The third kappa shape index (κ3) is 5.31. The van der Waals surface area contributed by atoms with Gasteiger partial charge in [-0.1, -0.05) is 77.2 Å². The number of carbonyl (C=O) groups excluding carboxylic acids is 2. The lowest BCUT2D eigenvalue weighted by Crippen LogP contribution is -2.29. The number of rotatable bonds is 8. The second-order valence-electron chi connectivity index (χ2n) is 8.30. The molecule has 10 heteroatoms. The smallest absolute Gasteiger partial charge is 0.301 e. The van der Waals surface area contributed by atoms with Crippen LogP contribution in [-0.2, 0) is 15.3 Å². The van der Waals surface area contributed by atoms with Crippen LogP contribution in [0, 0.1) is 0 Å². The Bertz CT molecular complexity index is 1490. The van der Waals surface area contributed by atoms with E-state index in [0.717, 1.165) is 5.56 Å². The average molecular weight is 564 g/mol. The molecule has 0 saturated carbocycles. The maximum Gasteiger partial charge on any atom is 0.301 e. The summed E-state index contributed by atoms with van der Waals surface area (Å²) >= 11 is 8.82. The number of anilines is 1. The number of carbonyl (C=O) groups is 2. The van der Waals surface area contributed by atoms with E-state index in [1.165, 1.54) is 28.0 Å². The monoisotopic (exact) mass is 563 g/mol. The van der Waals surface area contributed by atoms with E-state index in [1.54, 1.807) is 48.5 Å². The highest BCUT2D eigenvalue weighted by Gasteiger charge is 2.48. The van der Waals surface area contributed by atoms with Crippen LogP contribution in [0.5, 0.6) is 5.75 Å². The SMILES string of the molecule is CCOc1ccc(/C(O)=C2/C(=O)C(=O)N(c3nnc(SCc4ccccc4)s3)C2c2ccc(Cl)cc2)cc1. The third-order valence-electron chi connectivity index (χ3n) is 5.88. The molecule has 2 heterocycles. The van der Waals surface area contributed by atoms with Crippen molar-refractivity contribution in [3.63, 3.8) is 0 Å². The van der Waals surface area contributed by atoms with Crippen molar-refractivity contribution < 1.29 is 19.4 Å². The van der Waals surface area contributed by atoms with Gasteiger partial charge in [0.05, 0.1) is 18.2 Å². The van der Waals surface area contributed by atoms with Gasteiger partial charge >= 0.3 is 5.91 Å². The highest BCUT2D eigenvalue weighted by atomic mass is 35.5. The quantitative estimate of drug-likeness (QED) is 0.0858. The van der Waals surface area contributed by atoms with Crippen molar-refractivity contribution in [2.45, 2.75) is 23.1 Å². The molecule has 0 radical (unpaired) electrons. The summed E-state index contributed by atoms with van der Waals surface area (Å²) in [5, 5.41) is 20.5. The first-order chi connectivity index (χ1) is 18.5. The van der Waals surface area contributed by atoms with E-state index < -0.39 is 17.7 Å². The number of aliphatic hydroxyl groups excluding tert-OH is 1. The van der Waals surface area contributed by atoms with Gasteiger partial charge in [0.2, 0.25) is 5.13 Å². The number of ether oxygens (including phenoxy) is 1. The Hall–Kier alpha value is -3.66. The standard InChI is InChI=1S/C28H22ClN3O4S2/c1-2-36-21-14-10-19(11-15-21)24(33)22-23(18-8-12-20(29)13-9-18)32(26(35)25(22)34)27-30-31-28(38-27)37-16-17-6-4-3-5-7-17/h3-15,23,33H,2,16H2,1H3/b24-22-. The van der Waals surface area contributed by atoms with Crippen LogP contribution in [0.2, 0.25) is 5.02 Å². The fraction of sp³-hybridized carbons (Fsp3) is 0.143. The number of amides is 1. The number of ketones is 1. The fourth-order valence-electron chi connectivity index (χ4n) is 4.10. The highest BCUT2D eigenvalue weighted by Crippen LogP contribution is 2.44. The minimum atomic E-state index is -0.904. The van der Waals surface area contributed by atoms with Crippen LogP contribution in [-0.4, -0.2) is 33.6 Å². The van der Waals surface area contributed by atoms with Crippen molar-refractivity contribution in [1.82, 2.24) is 10.2 Å². The van der Waals surface area contributed by atoms with Gasteiger partial charge in [-0.3, -0.25) is 14.5 Å². The van der Waals surface area contributed by atoms with E-state index in [9.17, 15) is 14.7 Å². The number of Topliss-reactive ketones (excluding diaryl/α,β-unsaturated/α-hetero) is 1. The Labute approximate surface area is 232 Å². The predicted molar refractivity (Wildman–Crippen MR) is 150 cm³/mol. The summed E-state index contributed by atoms with van der Waals surface area (Å²) in [7, 11) is 0. The van der Waals surface area contributed by atoms with E-state index in [-0.39, 0.29) is 16.5 Å². The zero-order valence-corrected chi connectivity index (χ0v) is 22.6. The molecule has 0 aliphatic carbocycles. The van der Waals surface area contributed by atoms with Crippen LogP contribution >= 0.6 is 34.7 Å². The lowest BCUT2D eigenvalue weighted by Gasteiger charge is -2.22. The second-order valence-corrected chi connectivity index (χ2v) is 10.9. The molecule has 4 aromatic rings. The molecule has 38 heavy (non-hydrogen) atoms. The van der Waals surface area contributed by atoms with Gasteiger partial charge in [0.15, 0.2) is 4.34 Å². The molecule has 1 aromatic heterocycles. The minimum absolute atomic E-state index is 0.0322. The second kappa shape index (κ2) is 11.4. The molecular weight excluding hydrogens is 542 g/mol. The molecule has 0 spiro atoms. The molecule has 1 aliphatic heterocycles. The predicted octanol–water partition coefficient (Wildman–Crippen LogP) is 6.51. The molecule has 1 fully saturated rings. The van der Waals surface area contributed by atoms with Gasteiger partial charge in [0, 0.05) is 16.3 Å². The number of thioether (sulfide) groups is 1. The number of halogens is 1. The Kier molecular flexibility index (Phi) is 7.78. The average Bonchev–Trinajstić information content (AvgIpc) is 3.51. The first kappa shape index (κ1) is 26.0. The van der Waals surface area contributed by atoms with Gasteiger partial charge in [-0.25, -0.2) is 0 Å². The zero-order valence-electron chi connectivity index (χ0n) is 20.2. The summed E-state index contributed by atoms with van der Waals surface area (Å²) in [5.41, 5.74) is 2.10. The van der Waals surface area contributed by atoms with Crippen LogP contribution in [0.1, 0.15) is 29.7 Å². The van der Waals surface area contributed by atoms with Gasteiger partial charge in [-0.2, -0.15) is 0 Å². The van der Waals surface area contributed by atoms with Gasteiger partial charge in [-0.05, 0) is 54.4 Å². The zero-order chi connectivity index (χ0) is 26.6. The summed E-state index contributed by atoms with van der Waals surface area (Å²) in [6.45, 7) is 2.38. The van der Waals surface area contributed by atoms with Gasteiger partial charge in [-0.15, -0.1) is 10.2 Å². The summed E-state index contributed by atoms with van der Waals surface area (Å²) in [5.74, 6) is -0.546. The summed E-state index contributed by atoms with van der Waals surface area (Å²) in [6.07, 6.45) is 0. The number of nitrogens with zero attached hydrogens (tertiary/aromatic N) is 3. The molecule has 1 aliphatic rings. The number of hydrogen-bond acceptors (Lipinski definition) is 8. The van der Waals surface area contributed by atoms with Crippen LogP contribution < -0.4 is 9.64 Å². The van der Waals surface area contributed by atoms with Crippen molar-refractivity contribution in [3.05, 3.63) is 106 Å². The van der Waals surface area contributed by atoms with Crippen molar-refractivity contribution in [1.29, 1.82) is 0 Å². The lowest BCUT2D eigenvalue weighted by molar-refractivity contribution is -0.132. The summed E-state index contributed by atoms with van der Waals surface area (Å²) in [4.78, 5) is 28.0. The minimum Gasteiger partial charge on any atom is -0.507 e. The van der Waals surface area contributed by atoms with E-state index in [4.69, 9.17) is 16.3 Å². The molecule has 1 atom stereocenters. The Morgan fingerprint density at radius 3 is 2.42 bits per heavy atom. The highest BCUT2D eigenvalue weighted by molar-refractivity contribution is 8.00. The van der Waals surface area contributed by atoms with Crippen LogP contribution in [0.3, 0.4) is 0 Å². The molecule has 1 saturated heterocycles. The number of aromatic nitrogens is 2. The summed E-state index contributed by atoms with van der Waals surface area (Å²) < 4.78 is 6.14. The van der Waals surface area contributed by atoms with Gasteiger partial charge in [0.1, 0.15) is 11.5 Å². The largest absolute Gasteiger partial charge is 0.507 e. The lowest BCUT2D eigenvalue weighted by atomic mass is 9.95. The van der Waals surface area contributed by atoms with Crippen LogP contribution in [0.15, 0.2) is 88.8 Å². The van der Waals surface area contributed by atoms with Crippen molar-refractivity contribution in [2.24, 2.45) is 0 Å². The Balaban J connectivity index is 1.53. The fourth-order valence-corrected chi connectivity index (χ4v) is 6.05. The maximum absolute atomic E-state index is 13.3. The topological polar surface area (TPSA) is 92.6 Å². The molecule has 1 unspecified atom stereocenters. The first-order valence-electron chi connectivity index (χ1n) is 11.8. The van der Waals surface area contributed by atoms with Crippen molar-refractivity contribution >= 4 is 57.3 Å². The molecule has 1 N–H and O–H groups in total. The van der Waals surface area contributed by atoms with E-state index in [2.05, 4.69) is 10.2 Å². The van der Waals surface area contributed by atoms with Crippen molar-refractivity contribution in [2.75, 3.05) is 11.5 Å². The molecule has 0 bridgehead atoms. The molecule has 1 amide bonds. The number of benzene rings is 3. The first-order valence-corrected chi connectivity index (χ1v) is 13.9. The Morgan fingerprint density at radius 2 is 1.74 bits per heavy atom. The number of hydrogen-bond donors (Lipinski definition) is 1. The van der Waals surface area contributed by atoms with E-state index in [1.807, 2.05) is 37.3 Å². The Morgan fingerprint density at radius 1 is 1.03 bits per heavy atom. The molecule has 3 aromatic carbocycles. The maximum atomic E-state index is 13.3. The molecule has 7 nitrogen and oxygen atoms in total. The van der Waals surface area contributed by atoms with Crippen LogP contribution in [0.4, 0.5) is 5.13 Å². The number of aliphatic hydroxyl groups is 1. The van der Waals surface area contributed by atoms with Gasteiger partial charge in [0.25, 0.3) is 5.78 Å². The van der Waals surface area contributed by atoms with Crippen LogP contribution in [0.25, 0.3) is 5.76 Å². The normalized spacial score (nSPS) is 16.7. The third-order valence-corrected chi connectivity index (χ3v) is 8.25. The molecule has 5 rings (SSSR count). The van der Waals surface area contributed by atoms with Crippen molar-refractivity contribution in [3.8, 4) is 5.75 Å². The molecular formula is C28H22ClN3O4S2. The van der Waals surface area contributed by atoms with E-state index >= 15 is 0 Å².